The summed E-state index contributed by atoms with van der Waals surface area (Å²) in [6, 6.07) is 33.8. The quantitative estimate of drug-likeness (QED) is 0.182. The average molecular weight is 578 g/mol. The number of aliphatic imine (C=N–C) groups is 1. The van der Waals surface area contributed by atoms with Crippen LogP contribution in [0.3, 0.4) is 0 Å². The number of aromatic nitrogens is 1. The third kappa shape index (κ3) is 5.67. The highest BCUT2D eigenvalue weighted by Crippen LogP contribution is 2.38. The molecule has 0 unspecified atom stereocenters. The first-order valence-electron chi connectivity index (χ1n) is 13.3. The summed E-state index contributed by atoms with van der Waals surface area (Å²) in [4.78, 5) is 21.2. The molecule has 1 saturated heterocycles. The highest BCUT2D eigenvalue weighted by atomic mass is 35.5. The van der Waals surface area contributed by atoms with Gasteiger partial charge in [-0.3, -0.25) is 9.69 Å². The lowest BCUT2D eigenvalue weighted by molar-refractivity contribution is -0.122. The number of amidine groups is 1. The number of carbonyl (C=O) groups excluding carboxylic acids is 1. The molecule has 1 aromatic heterocycles. The first kappa shape index (κ1) is 26.9. The number of halogens is 1. The molecule has 0 N–H and O–H groups in total. The maximum Gasteiger partial charge on any atom is 0.267 e. The molecule has 1 aliphatic rings. The molecule has 5 nitrogen and oxygen atoms in total. The van der Waals surface area contributed by atoms with Crippen LogP contribution in [0, 0.1) is 6.92 Å². The van der Waals surface area contributed by atoms with Gasteiger partial charge in [-0.25, -0.2) is 4.99 Å². The number of carbonyl (C=O) groups is 1. The molecule has 1 amide bonds. The van der Waals surface area contributed by atoms with E-state index in [0.29, 0.717) is 23.2 Å². The van der Waals surface area contributed by atoms with E-state index in [9.17, 15) is 4.79 Å². The second-order valence-corrected chi connectivity index (χ2v) is 11.3. The largest absolute Gasteiger partial charge is 0.497 e. The summed E-state index contributed by atoms with van der Waals surface area (Å²) in [7, 11) is 1.64. The molecular weight excluding hydrogens is 550 g/mol. The van der Waals surface area contributed by atoms with Gasteiger partial charge in [0, 0.05) is 33.7 Å². The van der Waals surface area contributed by atoms with Crippen molar-refractivity contribution in [1.82, 2.24) is 9.47 Å². The van der Waals surface area contributed by atoms with Crippen molar-refractivity contribution >= 4 is 57.1 Å². The number of fused-ring (bicyclic) bond motifs is 1. The van der Waals surface area contributed by atoms with Crippen LogP contribution in [0.15, 0.2) is 113 Å². The molecule has 6 rings (SSSR count). The smallest absolute Gasteiger partial charge is 0.267 e. The Bertz CT molecular complexity index is 1780. The number of para-hydroxylation sites is 2. The standard InChI is InChI=1S/C34H28ClN3O2S/c1-23-30(29-10-6-7-11-31(29)37(23)21-24-12-16-26(35)17-13-24)20-32-33(39)38(22-25-14-18-28(40-2)19-15-25)34(41-32)36-27-8-4-3-5-9-27/h3-20H,21-22H2,1-2H3/b32-20-,36-34?. The fraction of sp³-hybridized carbons (Fsp3) is 0.118. The molecule has 7 heteroatoms. The highest BCUT2D eigenvalue weighted by Gasteiger charge is 2.34. The van der Waals surface area contributed by atoms with E-state index in [1.54, 1.807) is 12.0 Å². The number of nitrogens with zero attached hydrogens (tertiary/aromatic N) is 3. The molecule has 2 heterocycles. The van der Waals surface area contributed by atoms with Crippen molar-refractivity contribution in [2.75, 3.05) is 7.11 Å². The molecule has 1 aliphatic heterocycles. The van der Waals surface area contributed by atoms with Crippen molar-refractivity contribution in [2.45, 2.75) is 20.0 Å². The Morgan fingerprint density at radius 2 is 1.51 bits per heavy atom. The van der Waals surface area contributed by atoms with Crippen LogP contribution in [0.4, 0.5) is 5.69 Å². The van der Waals surface area contributed by atoms with Gasteiger partial charge in [-0.2, -0.15) is 0 Å². The van der Waals surface area contributed by atoms with E-state index >= 15 is 0 Å². The number of thioether (sulfide) groups is 1. The zero-order chi connectivity index (χ0) is 28.3. The zero-order valence-corrected chi connectivity index (χ0v) is 24.3. The summed E-state index contributed by atoms with van der Waals surface area (Å²) >= 11 is 7.54. The van der Waals surface area contributed by atoms with Gasteiger partial charge in [0.1, 0.15) is 5.75 Å². The van der Waals surface area contributed by atoms with Crippen LogP contribution in [0.25, 0.3) is 17.0 Å². The van der Waals surface area contributed by atoms with Gasteiger partial charge in [0.15, 0.2) is 5.17 Å². The van der Waals surface area contributed by atoms with Gasteiger partial charge in [-0.15, -0.1) is 0 Å². The van der Waals surface area contributed by atoms with Gasteiger partial charge in [-0.1, -0.05) is 72.3 Å². The Morgan fingerprint density at radius 3 is 2.24 bits per heavy atom. The van der Waals surface area contributed by atoms with Crippen molar-refractivity contribution in [3.05, 3.63) is 135 Å². The van der Waals surface area contributed by atoms with Crippen LogP contribution < -0.4 is 4.74 Å². The van der Waals surface area contributed by atoms with Crippen molar-refractivity contribution < 1.29 is 9.53 Å². The second kappa shape index (κ2) is 11.7. The monoisotopic (exact) mass is 577 g/mol. The predicted octanol–water partition coefficient (Wildman–Crippen LogP) is 8.46. The van der Waals surface area contributed by atoms with E-state index in [0.717, 1.165) is 49.7 Å². The van der Waals surface area contributed by atoms with E-state index in [4.69, 9.17) is 21.3 Å². The fourth-order valence-electron chi connectivity index (χ4n) is 5.00. The first-order valence-corrected chi connectivity index (χ1v) is 14.5. The van der Waals surface area contributed by atoms with Crippen LogP contribution >= 0.6 is 23.4 Å². The molecule has 0 aliphatic carbocycles. The van der Waals surface area contributed by atoms with Gasteiger partial charge in [0.25, 0.3) is 5.91 Å². The molecule has 0 saturated carbocycles. The third-order valence-corrected chi connectivity index (χ3v) is 8.44. The number of ether oxygens (including phenoxy) is 1. The van der Waals surface area contributed by atoms with Crippen molar-refractivity contribution in [1.29, 1.82) is 0 Å². The van der Waals surface area contributed by atoms with Crippen molar-refractivity contribution in [3.63, 3.8) is 0 Å². The minimum atomic E-state index is -0.0607. The van der Waals surface area contributed by atoms with Crippen LogP contribution in [0.5, 0.6) is 5.75 Å². The minimum absolute atomic E-state index is 0.0607. The molecule has 0 atom stereocenters. The summed E-state index contributed by atoms with van der Waals surface area (Å²) in [6.07, 6.45) is 2.03. The topological polar surface area (TPSA) is 46.8 Å². The average Bonchev–Trinajstić information content (AvgIpc) is 3.43. The lowest BCUT2D eigenvalue weighted by Gasteiger charge is -2.16. The Morgan fingerprint density at radius 1 is 0.854 bits per heavy atom. The molecule has 0 spiro atoms. The SMILES string of the molecule is COc1ccc(CN2C(=O)/C(=C/c3c(C)n(Cc4ccc(Cl)cc4)c4ccccc34)SC2=Nc2ccccc2)cc1. The maximum absolute atomic E-state index is 13.9. The van der Waals surface area contributed by atoms with Gasteiger partial charge in [-0.05, 0) is 78.4 Å². The zero-order valence-electron chi connectivity index (χ0n) is 22.8. The number of amides is 1. The maximum atomic E-state index is 13.9. The Labute approximate surface area is 248 Å². The second-order valence-electron chi connectivity index (χ2n) is 9.81. The molecule has 1 fully saturated rings. The molecule has 41 heavy (non-hydrogen) atoms. The molecular formula is C34H28ClN3O2S. The van der Waals surface area contributed by atoms with Crippen LogP contribution in [-0.2, 0) is 17.9 Å². The van der Waals surface area contributed by atoms with Crippen molar-refractivity contribution in [2.24, 2.45) is 4.99 Å². The van der Waals surface area contributed by atoms with Crippen LogP contribution in [0.1, 0.15) is 22.4 Å². The normalized spacial score (nSPS) is 15.4. The first-order chi connectivity index (χ1) is 20.0. The Hall–Kier alpha value is -4.26. The lowest BCUT2D eigenvalue weighted by atomic mass is 10.1. The summed E-state index contributed by atoms with van der Waals surface area (Å²) in [6.45, 7) is 3.23. The van der Waals surface area contributed by atoms with Crippen LogP contribution in [0.2, 0.25) is 5.02 Å². The third-order valence-electron chi connectivity index (χ3n) is 7.18. The van der Waals surface area contributed by atoms with Gasteiger partial charge in [0.2, 0.25) is 0 Å². The molecule has 0 radical (unpaired) electrons. The van der Waals surface area contributed by atoms with E-state index in [1.807, 2.05) is 84.9 Å². The number of methoxy groups -OCH3 is 1. The summed E-state index contributed by atoms with van der Waals surface area (Å²) in [5.41, 5.74) is 6.22. The highest BCUT2D eigenvalue weighted by molar-refractivity contribution is 8.18. The van der Waals surface area contributed by atoms with E-state index in [1.165, 1.54) is 11.8 Å². The number of hydrogen-bond acceptors (Lipinski definition) is 4. The van der Waals surface area contributed by atoms with Gasteiger partial charge < -0.3 is 9.30 Å². The summed E-state index contributed by atoms with van der Waals surface area (Å²) < 4.78 is 7.60. The predicted molar refractivity (Wildman–Crippen MR) is 170 cm³/mol. The number of benzene rings is 4. The summed E-state index contributed by atoms with van der Waals surface area (Å²) in [5, 5.41) is 2.48. The minimum Gasteiger partial charge on any atom is -0.497 e. The van der Waals surface area contributed by atoms with Gasteiger partial charge >= 0.3 is 0 Å². The Kier molecular flexibility index (Phi) is 7.68. The van der Waals surface area contributed by atoms with Gasteiger partial charge in [0.05, 0.1) is 24.2 Å². The van der Waals surface area contributed by atoms with E-state index in [2.05, 4.69) is 35.8 Å². The van der Waals surface area contributed by atoms with E-state index in [-0.39, 0.29) is 5.91 Å². The van der Waals surface area contributed by atoms with Crippen LogP contribution in [-0.4, -0.2) is 27.7 Å². The molecule has 4 aromatic carbocycles. The molecule has 5 aromatic rings. The molecule has 204 valence electrons. The molecule has 0 bridgehead atoms. The summed E-state index contributed by atoms with van der Waals surface area (Å²) in [5.74, 6) is 0.717. The fourth-order valence-corrected chi connectivity index (χ4v) is 6.11. The number of rotatable bonds is 7. The lowest BCUT2D eigenvalue weighted by Crippen LogP contribution is -2.28. The van der Waals surface area contributed by atoms with Crippen molar-refractivity contribution in [3.8, 4) is 5.75 Å². The number of hydrogen-bond donors (Lipinski definition) is 0. The Balaban J connectivity index is 1.40. The van der Waals surface area contributed by atoms with E-state index < -0.39 is 0 Å².